The third-order valence-corrected chi connectivity index (χ3v) is 5.75. The zero-order valence-electron chi connectivity index (χ0n) is 17.2. The van der Waals surface area contributed by atoms with Crippen LogP contribution in [0.1, 0.15) is 5.56 Å². The molecule has 1 aromatic heterocycles. The van der Waals surface area contributed by atoms with E-state index in [0.717, 1.165) is 38.5 Å². The van der Waals surface area contributed by atoms with Gasteiger partial charge >= 0.3 is 0 Å². The molecule has 2 heterocycles. The number of hydrogen-bond acceptors (Lipinski definition) is 8. The van der Waals surface area contributed by atoms with Gasteiger partial charge in [-0.05, 0) is 40.3 Å². The molecule has 1 amide bonds. The Morgan fingerprint density at radius 1 is 1.16 bits per heavy atom. The smallest absolute Gasteiger partial charge is 0.234 e. The number of anilines is 1. The first-order valence-electron chi connectivity index (χ1n) is 9.96. The summed E-state index contributed by atoms with van der Waals surface area (Å²) in [4.78, 5) is 14.8. The molecule has 0 spiro atoms. The fourth-order valence-corrected chi connectivity index (χ4v) is 3.95. The predicted octanol–water partition coefficient (Wildman–Crippen LogP) is 2.23. The number of carbonyl (C=O) groups is 1. The Kier molecular flexibility index (Phi) is 7.13. The Morgan fingerprint density at radius 2 is 1.94 bits per heavy atom. The minimum Gasteiger partial charge on any atom is -0.494 e. The molecule has 0 saturated carbocycles. The number of methoxy groups -OCH3 is 1. The van der Waals surface area contributed by atoms with Gasteiger partial charge in [0.1, 0.15) is 11.4 Å². The summed E-state index contributed by atoms with van der Waals surface area (Å²) in [6, 6.07) is 15.4. The molecule has 1 aliphatic heterocycles. The Balaban J connectivity index is 1.31. The molecule has 3 aromatic rings. The Hall–Kier alpha value is -2.95. The molecule has 31 heavy (non-hydrogen) atoms. The second kappa shape index (κ2) is 10.4. The summed E-state index contributed by atoms with van der Waals surface area (Å²) in [5, 5.41) is 15.2. The minimum absolute atomic E-state index is 0.125. The predicted molar refractivity (Wildman–Crippen MR) is 118 cm³/mol. The zero-order valence-corrected chi connectivity index (χ0v) is 18.0. The molecule has 1 N–H and O–H groups in total. The quantitative estimate of drug-likeness (QED) is 0.533. The average molecular weight is 441 g/mol. The first-order chi connectivity index (χ1) is 15.2. The van der Waals surface area contributed by atoms with Gasteiger partial charge in [0, 0.05) is 25.3 Å². The van der Waals surface area contributed by atoms with E-state index in [9.17, 15) is 4.79 Å². The van der Waals surface area contributed by atoms with Gasteiger partial charge in [-0.3, -0.25) is 9.69 Å². The number of nitrogens with zero attached hydrogens (tertiary/aromatic N) is 5. The van der Waals surface area contributed by atoms with Crippen LogP contribution in [0, 0.1) is 0 Å². The van der Waals surface area contributed by atoms with Crippen molar-refractivity contribution in [1.82, 2.24) is 25.1 Å². The third-order valence-electron chi connectivity index (χ3n) is 4.83. The van der Waals surface area contributed by atoms with Crippen molar-refractivity contribution in [3.63, 3.8) is 0 Å². The molecular formula is C21H24N6O3S. The van der Waals surface area contributed by atoms with E-state index < -0.39 is 0 Å². The van der Waals surface area contributed by atoms with Crippen LogP contribution >= 0.6 is 11.8 Å². The van der Waals surface area contributed by atoms with Crippen molar-refractivity contribution < 1.29 is 14.3 Å². The Morgan fingerprint density at radius 3 is 2.71 bits per heavy atom. The number of ether oxygens (including phenoxy) is 2. The number of benzene rings is 2. The van der Waals surface area contributed by atoms with Crippen molar-refractivity contribution in [3.8, 4) is 11.4 Å². The summed E-state index contributed by atoms with van der Waals surface area (Å²) in [5.74, 6) is 0.712. The maximum absolute atomic E-state index is 12.4. The number of morpholine rings is 1. The average Bonchev–Trinajstić information content (AvgIpc) is 3.28. The van der Waals surface area contributed by atoms with Gasteiger partial charge < -0.3 is 14.8 Å². The lowest BCUT2D eigenvalue weighted by Gasteiger charge is -2.26. The van der Waals surface area contributed by atoms with E-state index in [1.54, 1.807) is 11.8 Å². The van der Waals surface area contributed by atoms with Crippen LogP contribution in [0.5, 0.6) is 5.75 Å². The molecule has 0 bridgehead atoms. The largest absolute Gasteiger partial charge is 0.494 e. The summed E-state index contributed by atoms with van der Waals surface area (Å²) < 4.78 is 12.3. The van der Waals surface area contributed by atoms with Gasteiger partial charge in [0.05, 0.1) is 26.1 Å². The summed E-state index contributed by atoms with van der Waals surface area (Å²) in [6.07, 6.45) is 0. The van der Waals surface area contributed by atoms with Crippen LogP contribution in [0.2, 0.25) is 0 Å². The molecule has 4 rings (SSSR count). The minimum atomic E-state index is -0.125. The number of para-hydroxylation sites is 2. The van der Waals surface area contributed by atoms with Crippen molar-refractivity contribution >= 4 is 23.4 Å². The fourth-order valence-electron chi connectivity index (χ4n) is 3.26. The fraction of sp³-hybridized carbons (Fsp3) is 0.333. The Labute approximate surface area is 184 Å². The van der Waals surface area contributed by atoms with Gasteiger partial charge in [0.15, 0.2) is 0 Å². The first-order valence-corrected chi connectivity index (χ1v) is 10.9. The number of hydrogen-bond donors (Lipinski definition) is 1. The molecule has 9 nitrogen and oxygen atoms in total. The van der Waals surface area contributed by atoms with Gasteiger partial charge in [-0.15, -0.1) is 5.10 Å². The summed E-state index contributed by atoms with van der Waals surface area (Å²) in [7, 11) is 1.59. The summed E-state index contributed by atoms with van der Waals surface area (Å²) >= 11 is 1.26. The number of amides is 1. The molecule has 2 aromatic carbocycles. The van der Waals surface area contributed by atoms with Gasteiger partial charge in [-0.25, -0.2) is 0 Å². The molecule has 0 aliphatic carbocycles. The lowest BCUT2D eigenvalue weighted by Crippen LogP contribution is -2.35. The monoisotopic (exact) mass is 440 g/mol. The van der Waals surface area contributed by atoms with E-state index in [2.05, 4.69) is 25.7 Å². The van der Waals surface area contributed by atoms with Gasteiger partial charge in [-0.2, -0.15) is 4.68 Å². The second-order valence-electron chi connectivity index (χ2n) is 6.97. The molecular weight excluding hydrogens is 416 g/mol. The van der Waals surface area contributed by atoms with Crippen molar-refractivity contribution in [2.24, 2.45) is 0 Å². The normalized spacial score (nSPS) is 14.4. The van der Waals surface area contributed by atoms with E-state index in [1.807, 2.05) is 48.5 Å². The van der Waals surface area contributed by atoms with E-state index in [1.165, 1.54) is 17.3 Å². The third kappa shape index (κ3) is 5.60. The number of tetrazole rings is 1. The van der Waals surface area contributed by atoms with Crippen LogP contribution in [0.3, 0.4) is 0 Å². The molecule has 1 saturated heterocycles. The highest BCUT2D eigenvalue weighted by molar-refractivity contribution is 7.99. The van der Waals surface area contributed by atoms with Crippen LogP contribution < -0.4 is 10.1 Å². The number of aromatic nitrogens is 4. The molecule has 1 aliphatic rings. The van der Waals surface area contributed by atoms with E-state index in [-0.39, 0.29) is 11.7 Å². The molecule has 0 unspecified atom stereocenters. The lowest BCUT2D eigenvalue weighted by molar-refractivity contribution is -0.113. The highest BCUT2D eigenvalue weighted by Gasteiger charge is 2.15. The molecule has 0 radical (unpaired) electrons. The van der Waals surface area contributed by atoms with Gasteiger partial charge in [0.25, 0.3) is 0 Å². The van der Waals surface area contributed by atoms with Crippen molar-refractivity contribution in [3.05, 3.63) is 54.1 Å². The number of carbonyl (C=O) groups excluding carboxylic acids is 1. The number of thioether (sulfide) groups is 1. The molecule has 162 valence electrons. The maximum Gasteiger partial charge on any atom is 0.234 e. The number of rotatable bonds is 8. The molecule has 0 atom stereocenters. The van der Waals surface area contributed by atoms with Crippen LogP contribution in [0.25, 0.3) is 5.69 Å². The highest BCUT2D eigenvalue weighted by atomic mass is 32.2. The lowest BCUT2D eigenvalue weighted by atomic mass is 10.2. The van der Waals surface area contributed by atoms with Crippen molar-refractivity contribution in [2.75, 3.05) is 44.5 Å². The second-order valence-corrected chi connectivity index (χ2v) is 7.91. The van der Waals surface area contributed by atoms with E-state index in [0.29, 0.717) is 16.6 Å². The Bertz CT molecular complexity index is 1000. The van der Waals surface area contributed by atoms with Crippen LogP contribution in [-0.2, 0) is 16.1 Å². The topological polar surface area (TPSA) is 94.4 Å². The van der Waals surface area contributed by atoms with E-state index >= 15 is 0 Å². The van der Waals surface area contributed by atoms with Crippen LogP contribution in [-0.4, -0.2) is 70.2 Å². The van der Waals surface area contributed by atoms with Crippen molar-refractivity contribution in [2.45, 2.75) is 11.7 Å². The van der Waals surface area contributed by atoms with Crippen molar-refractivity contribution in [1.29, 1.82) is 0 Å². The summed E-state index contributed by atoms with van der Waals surface area (Å²) in [6.45, 7) is 4.35. The zero-order chi connectivity index (χ0) is 21.5. The van der Waals surface area contributed by atoms with Gasteiger partial charge in [0.2, 0.25) is 11.1 Å². The van der Waals surface area contributed by atoms with E-state index in [4.69, 9.17) is 9.47 Å². The standard InChI is InChI=1S/C21H24N6O3S/c1-29-19-5-3-2-4-18(19)27-21(23-24-25-27)31-15-20(28)22-17-8-6-16(7-9-17)14-26-10-12-30-13-11-26/h2-9H,10-15H2,1H3,(H,22,28). The SMILES string of the molecule is COc1ccccc1-n1nnnc1SCC(=O)Nc1ccc(CN2CCOCC2)cc1. The summed E-state index contributed by atoms with van der Waals surface area (Å²) in [5.41, 5.74) is 2.69. The molecule has 1 fully saturated rings. The van der Waals surface area contributed by atoms with Crippen LogP contribution in [0.4, 0.5) is 5.69 Å². The van der Waals surface area contributed by atoms with Gasteiger partial charge in [-0.1, -0.05) is 36.0 Å². The maximum atomic E-state index is 12.4. The molecule has 10 heteroatoms. The first kappa shape index (κ1) is 21.3. The number of nitrogens with one attached hydrogen (secondary N) is 1. The highest BCUT2D eigenvalue weighted by Crippen LogP contribution is 2.25. The van der Waals surface area contributed by atoms with Crippen LogP contribution in [0.15, 0.2) is 53.7 Å².